The van der Waals surface area contributed by atoms with E-state index in [0.717, 1.165) is 12.1 Å². The highest BCUT2D eigenvalue weighted by Gasteiger charge is 2.34. The monoisotopic (exact) mass is 406 g/mol. The van der Waals surface area contributed by atoms with Crippen LogP contribution in [0.5, 0.6) is 0 Å². The number of aryl methyl sites for hydroxylation is 1. The molecule has 29 heavy (non-hydrogen) atoms. The molecule has 0 bridgehead atoms. The van der Waals surface area contributed by atoms with Gasteiger partial charge in [0.05, 0.1) is 29.5 Å². The molecule has 1 fully saturated rings. The summed E-state index contributed by atoms with van der Waals surface area (Å²) >= 11 is 0. The molecule has 6 nitrogen and oxygen atoms in total. The van der Waals surface area contributed by atoms with E-state index < -0.39 is 29.0 Å². The lowest BCUT2D eigenvalue weighted by Crippen LogP contribution is -2.61. The Labute approximate surface area is 166 Å². The Kier molecular flexibility index (Phi) is 6.07. The molecular formula is C20H21F3N4O2. The van der Waals surface area contributed by atoms with Crippen LogP contribution in [0.4, 0.5) is 24.5 Å². The molecule has 0 atom stereocenters. The fourth-order valence-electron chi connectivity index (χ4n) is 3.05. The second kappa shape index (κ2) is 8.52. The van der Waals surface area contributed by atoms with Gasteiger partial charge in [0, 0.05) is 13.1 Å². The summed E-state index contributed by atoms with van der Waals surface area (Å²) in [5.74, 6) is -3.82. The predicted molar refractivity (Wildman–Crippen MR) is 103 cm³/mol. The summed E-state index contributed by atoms with van der Waals surface area (Å²) in [6, 6.07) is 6.04. The molecule has 2 aromatic rings. The molecular weight excluding hydrogens is 385 g/mol. The van der Waals surface area contributed by atoms with Crippen LogP contribution in [-0.4, -0.2) is 49.4 Å². The number of likely N-dealkylation sites (N-methyl/N-ethyl adjacent to an activating group) is 1. The van der Waals surface area contributed by atoms with Gasteiger partial charge in [0.2, 0.25) is 5.91 Å². The Hall–Kier alpha value is -3.07. The maximum Gasteiger partial charge on any atom is 0.256 e. The van der Waals surface area contributed by atoms with Crippen molar-refractivity contribution in [3.8, 4) is 0 Å². The first-order valence-corrected chi connectivity index (χ1v) is 9.04. The van der Waals surface area contributed by atoms with E-state index in [1.54, 1.807) is 20.0 Å². The summed E-state index contributed by atoms with van der Waals surface area (Å²) in [6.45, 7) is 2.33. The van der Waals surface area contributed by atoms with Crippen LogP contribution < -0.4 is 16.0 Å². The van der Waals surface area contributed by atoms with E-state index in [4.69, 9.17) is 0 Å². The second-order valence-corrected chi connectivity index (χ2v) is 6.90. The van der Waals surface area contributed by atoms with Gasteiger partial charge in [-0.1, -0.05) is 6.07 Å². The average Bonchev–Trinajstić information content (AvgIpc) is 2.63. The van der Waals surface area contributed by atoms with Crippen LogP contribution in [0, 0.1) is 24.4 Å². The normalized spacial score (nSPS) is 13.8. The van der Waals surface area contributed by atoms with E-state index in [1.165, 1.54) is 17.0 Å². The molecule has 2 aromatic carbocycles. The van der Waals surface area contributed by atoms with Gasteiger partial charge in [0.25, 0.3) is 5.91 Å². The Morgan fingerprint density at radius 2 is 1.83 bits per heavy atom. The number of anilines is 2. The maximum absolute atomic E-state index is 14.4. The maximum atomic E-state index is 14.4. The number of rotatable bonds is 6. The Bertz CT molecular complexity index is 946. The van der Waals surface area contributed by atoms with Crippen molar-refractivity contribution in [2.45, 2.75) is 13.0 Å². The van der Waals surface area contributed by atoms with Crippen molar-refractivity contribution in [2.75, 3.05) is 32.0 Å². The molecule has 9 heteroatoms. The standard InChI is InChI=1S/C20H21F3N4O2/c1-11-3-6-16(15(22)7-11)26-19-13(4-5-14(21)18(19)23)20(29)27-9-12(10-27)25-17(28)8-24-2/h3-7,12,24,26H,8-10H2,1-2H3,(H,25,28). The SMILES string of the molecule is CNCC(=O)NC1CN(C(=O)c2ccc(F)c(F)c2Nc2ccc(C)cc2F)C1. The largest absolute Gasteiger partial charge is 0.350 e. The van der Waals surface area contributed by atoms with Crippen LogP contribution in [0.3, 0.4) is 0 Å². The molecule has 1 aliphatic rings. The number of amides is 2. The predicted octanol–water partition coefficient (Wildman–Crippen LogP) is 2.32. The topological polar surface area (TPSA) is 73.5 Å². The number of hydrogen-bond acceptors (Lipinski definition) is 4. The lowest BCUT2D eigenvalue weighted by Gasteiger charge is -2.39. The van der Waals surface area contributed by atoms with Gasteiger partial charge in [-0.05, 0) is 43.8 Å². The molecule has 1 aliphatic heterocycles. The first kappa shape index (κ1) is 20.7. The van der Waals surface area contributed by atoms with Gasteiger partial charge in [0.1, 0.15) is 5.82 Å². The molecule has 3 N–H and O–H groups in total. The molecule has 3 rings (SSSR count). The number of hydrogen-bond donors (Lipinski definition) is 3. The zero-order valence-electron chi connectivity index (χ0n) is 16.0. The molecule has 1 heterocycles. The van der Waals surface area contributed by atoms with Crippen molar-refractivity contribution in [1.82, 2.24) is 15.5 Å². The van der Waals surface area contributed by atoms with Gasteiger partial charge >= 0.3 is 0 Å². The van der Waals surface area contributed by atoms with Gasteiger partial charge < -0.3 is 20.9 Å². The number of benzene rings is 2. The number of halogens is 3. The molecule has 0 aromatic heterocycles. The Balaban J connectivity index is 1.79. The van der Waals surface area contributed by atoms with Crippen molar-refractivity contribution >= 4 is 23.2 Å². The minimum Gasteiger partial charge on any atom is -0.350 e. The number of carbonyl (C=O) groups is 2. The van der Waals surface area contributed by atoms with Crippen LogP contribution in [0.25, 0.3) is 0 Å². The number of nitrogens with one attached hydrogen (secondary N) is 3. The zero-order valence-corrected chi connectivity index (χ0v) is 16.0. The van der Waals surface area contributed by atoms with Crippen LogP contribution >= 0.6 is 0 Å². The Morgan fingerprint density at radius 3 is 2.48 bits per heavy atom. The molecule has 0 unspecified atom stereocenters. The number of carbonyl (C=O) groups excluding carboxylic acids is 2. The van der Waals surface area contributed by atoms with Gasteiger partial charge in [0.15, 0.2) is 11.6 Å². The van der Waals surface area contributed by atoms with E-state index in [-0.39, 0.29) is 42.8 Å². The number of likely N-dealkylation sites (tertiary alicyclic amines) is 1. The highest BCUT2D eigenvalue weighted by Crippen LogP contribution is 2.30. The highest BCUT2D eigenvalue weighted by molar-refractivity contribution is 6.01. The first-order chi connectivity index (χ1) is 13.8. The van der Waals surface area contributed by atoms with Crippen molar-refractivity contribution in [3.05, 3.63) is 58.9 Å². The van der Waals surface area contributed by atoms with E-state index >= 15 is 0 Å². The zero-order chi connectivity index (χ0) is 21.1. The van der Waals surface area contributed by atoms with Gasteiger partial charge in [-0.15, -0.1) is 0 Å². The fourth-order valence-corrected chi connectivity index (χ4v) is 3.05. The molecule has 0 saturated carbocycles. The molecule has 0 radical (unpaired) electrons. The Morgan fingerprint density at radius 1 is 1.10 bits per heavy atom. The van der Waals surface area contributed by atoms with Gasteiger partial charge in [-0.25, -0.2) is 13.2 Å². The summed E-state index contributed by atoms with van der Waals surface area (Å²) in [6.07, 6.45) is 0. The quantitative estimate of drug-likeness (QED) is 0.689. The summed E-state index contributed by atoms with van der Waals surface area (Å²) in [7, 11) is 1.64. The smallest absolute Gasteiger partial charge is 0.256 e. The van der Waals surface area contributed by atoms with E-state index in [9.17, 15) is 22.8 Å². The van der Waals surface area contributed by atoms with Crippen LogP contribution in [-0.2, 0) is 4.79 Å². The first-order valence-electron chi connectivity index (χ1n) is 9.04. The minimum atomic E-state index is -1.27. The lowest BCUT2D eigenvalue weighted by atomic mass is 10.0. The lowest BCUT2D eigenvalue weighted by molar-refractivity contribution is -0.121. The summed E-state index contributed by atoms with van der Waals surface area (Å²) in [5, 5.41) is 7.97. The van der Waals surface area contributed by atoms with Gasteiger partial charge in [-0.3, -0.25) is 9.59 Å². The molecule has 2 amide bonds. The van der Waals surface area contributed by atoms with Crippen LogP contribution in [0.2, 0.25) is 0 Å². The molecule has 154 valence electrons. The minimum absolute atomic E-state index is 0.0741. The third-order valence-corrected chi connectivity index (χ3v) is 4.58. The molecule has 0 aliphatic carbocycles. The summed E-state index contributed by atoms with van der Waals surface area (Å²) in [5.41, 5.74) is 0.0373. The average molecular weight is 406 g/mol. The second-order valence-electron chi connectivity index (χ2n) is 6.90. The molecule has 0 spiro atoms. The van der Waals surface area contributed by atoms with Crippen LogP contribution in [0.1, 0.15) is 15.9 Å². The van der Waals surface area contributed by atoms with E-state index in [0.29, 0.717) is 5.56 Å². The van der Waals surface area contributed by atoms with Crippen molar-refractivity contribution < 1.29 is 22.8 Å². The van der Waals surface area contributed by atoms with Crippen molar-refractivity contribution in [2.24, 2.45) is 0 Å². The number of nitrogens with zero attached hydrogens (tertiary/aromatic N) is 1. The third-order valence-electron chi connectivity index (χ3n) is 4.58. The summed E-state index contributed by atoms with van der Waals surface area (Å²) < 4.78 is 42.4. The molecule has 1 saturated heterocycles. The highest BCUT2D eigenvalue weighted by atomic mass is 19.2. The van der Waals surface area contributed by atoms with Crippen molar-refractivity contribution in [3.63, 3.8) is 0 Å². The fraction of sp³-hybridized carbons (Fsp3) is 0.300. The van der Waals surface area contributed by atoms with E-state index in [2.05, 4.69) is 16.0 Å². The van der Waals surface area contributed by atoms with E-state index in [1.807, 2.05) is 0 Å². The summed E-state index contributed by atoms with van der Waals surface area (Å²) in [4.78, 5) is 25.7. The van der Waals surface area contributed by atoms with Crippen LogP contribution in [0.15, 0.2) is 30.3 Å². The van der Waals surface area contributed by atoms with Gasteiger partial charge in [-0.2, -0.15) is 0 Å². The van der Waals surface area contributed by atoms with Crippen molar-refractivity contribution in [1.29, 1.82) is 0 Å². The third kappa shape index (κ3) is 4.51.